The first-order valence-electron chi connectivity index (χ1n) is 6.10. The molecule has 19 heavy (non-hydrogen) atoms. The van der Waals surface area contributed by atoms with Gasteiger partial charge in [0.2, 0.25) is 0 Å². The predicted octanol–water partition coefficient (Wildman–Crippen LogP) is 3.16. The molecule has 2 aliphatic heterocycles. The third kappa shape index (κ3) is 3.03. The summed E-state index contributed by atoms with van der Waals surface area (Å²) in [6.45, 7) is 3.77. The van der Waals surface area contributed by atoms with Crippen LogP contribution in [0.15, 0.2) is 6.07 Å². The number of carbonyl (C=O) groups is 1. The van der Waals surface area contributed by atoms with E-state index in [1.54, 1.807) is 6.07 Å². The Balaban J connectivity index is 0.00000133. The summed E-state index contributed by atoms with van der Waals surface area (Å²) in [4.78, 5) is 14.3. The van der Waals surface area contributed by atoms with Gasteiger partial charge in [-0.2, -0.15) is 0 Å². The Morgan fingerprint density at radius 2 is 2.11 bits per heavy atom. The van der Waals surface area contributed by atoms with Gasteiger partial charge in [-0.25, -0.2) is 0 Å². The fraction of sp³-hybridized carbons (Fsp3) is 0.583. The van der Waals surface area contributed by atoms with E-state index < -0.39 is 0 Å². The van der Waals surface area contributed by atoms with Crippen LogP contribution in [0.1, 0.15) is 16.8 Å². The Morgan fingerprint density at radius 3 is 2.79 bits per heavy atom. The number of piperidine rings is 1. The molecule has 1 aromatic heterocycles. The second-order valence-electron chi connectivity index (χ2n) is 4.96. The number of rotatable bonds is 1. The van der Waals surface area contributed by atoms with E-state index in [9.17, 15) is 4.79 Å². The Labute approximate surface area is 132 Å². The van der Waals surface area contributed by atoms with Crippen LogP contribution in [0.2, 0.25) is 8.67 Å². The van der Waals surface area contributed by atoms with Crippen molar-refractivity contribution in [2.75, 3.05) is 26.2 Å². The molecular formula is C12H15Cl3N2OS. The summed E-state index contributed by atoms with van der Waals surface area (Å²) in [5.41, 5.74) is 0.552. The SMILES string of the molecule is Cl.O=C(c1cc(Cl)sc1Cl)N1CCC2CNCC2C1. The van der Waals surface area contributed by atoms with Gasteiger partial charge in [-0.05, 0) is 37.4 Å². The average molecular weight is 342 g/mol. The van der Waals surface area contributed by atoms with E-state index in [1.807, 2.05) is 4.90 Å². The van der Waals surface area contributed by atoms with Crippen LogP contribution in [0.25, 0.3) is 0 Å². The molecule has 2 aliphatic rings. The smallest absolute Gasteiger partial charge is 0.256 e. The van der Waals surface area contributed by atoms with Crippen molar-refractivity contribution in [3.8, 4) is 0 Å². The second kappa shape index (κ2) is 6.19. The molecular weight excluding hydrogens is 327 g/mol. The third-order valence-corrected chi connectivity index (χ3v) is 5.37. The lowest BCUT2D eigenvalue weighted by Gasteiger charge is -2.34. The molecule has 2 atom stereocenters. The lowest BCUT2D eigenvalue weighted by Crippen LogP contribution is -2.43. The zero-order chi connectivity index (χ0) is 12.7. The Morgan fingerprint density at radius 1 is 1.37 bits per heavy atom. The molecule has 2 unspecified atom stereocenters. The molecule has 0 saturated carbocycles. The van der Waals surface area contributed by atoms with Gasteiger partial charge in [0.25, 0.3) is 5.91 Å². The maximum Gasteiger partial charge on any atom is 0.256 e. The van der Waals surface area contributed by atoms with Crippen LogP contribution in [0, 0.1) is 11.8 Å². The van der Waals surface area contributed by atoms with Gasteiger partial charge in [0.05, 0.1) is 9.90 Å². The summed E-state index contributed by atoms with van der Waals surface area (Å²) in [6.07, 6.45) is 1.08. The molecule has 0 aliphatic carbocycles. The summed E-state index contributed by atoms with van der Waals surface area (Å²) in [6, 6.07) is 1.68. The minimum absolute atomic E-state index is 0. The summed E-state index contributed by atoms with van der Waals surface area (Å²) >= 11 is 13.2. The highest BCUT2D eigenvalue weighted by atomic mass is 35.5. The zero-order valence-corrected chi connectivity index (χ0v) is 13.3. The first-order chi connectivity index (χ1) is 8.65. The molecule has 1 aromatic rings. The topological polar surface area (TPSA) is 32.3 Å². The number of likely N-dealkylation sites (tertiary alicyclic amines) is 1. The van der Waals surface area contributed by atoms with E-state index in [4.69, 9.17) is 23.2 Å². The molecule has 3 nitrogen and oxygen atoms in total. The molecule has 106 valence electrons. The molecule has 2 saturated heterocycles. The minimum Gasteiger partial charge on any atom is -0.338 e. The van der Waals surface area contributed by atoms with Crippen molar-refractivity contribution >= 4 is 52.9 Å². The number of fused-ring (bicyclic) bond motifs is 1. The molecule has 1 N–H and O–H groups in total. The molecule has 7 heteroatoms. The van der Waals surface area contributed by atoms with Crippen molar-refractivity contribution in [2.45, 2.75) is 6.42 Å². The number of amides is 1. The van der Waals surface area contributed by atoms with E-state index in [0.717, 1.165) is 38.5 Å². The largest absolute Gasteiger partial charge is 0.338 e. The van der Waals surface area contributed by atoms with Crippen molar-refractivity contribution in [1.82, 2.24) is 10.2 Å². The van der Waals surface area contributed by atoms with Crippen molar-refractivity contribution in [3.05, 3.63) is 20.3 Å². The number of carbonyl (C=O) groups excluding carboxylic acids is 1. The molecule has 0 spiro atoms. The van der Waals surface area contributed by atoms with Crippen LogP contribution < -0.4 is 5.32 Å². The fourth-order valence-corrected chi connectivity index (χ4v) is 4.32. The Hall–Kier alpha value is -0.000000000000000104. The number of nitrogens with zero attached hydrogens (tertiary/aromatic N) is 1. The molecule has 0 bridgehead atoms. The van der Waals surface area contributed by atoms with Gasteiger partial charge in [-0.3, -0.25) is 4.79 Å². The molecule has 0 radical (unpaired) electrons. The first kappa shape index (κ1) is 15.4. The summed E-state index contributed by atoms with van der Waals surface area (Å²) < 4.78 is 1.07. The van der Waals surface area contributed by atoms with E-state index in [2.05, 4.69) is 5.32 Å². The maximum absolute atomic E-state index is 12.4. The normalized spacial score (nSPS) is 25.9. The van der Waals surface area contributed by atoms with Crippen molar-refractivity contribution in [1.29, 1.82) is 0 Å². The van der Waals surface area contributed by atoms with E-state index in [0.29, 0.717) is 20.2 Å². The lowest BCUT2D eigenvalue weighted by molar-refractivity contribution is 0.0643. The number of hydrogen-bond acceptors (Lipinski definition) is 3. The van der Waals surface area contributed by atoms with E-state index >= 15 is 0 Å². The predicted molar refractivity (Wildman–Crippen MR) is 82.0 cm³/mol. The molecule has 3 rings (SSSR count). The van der Waals surface area contributed by atoms with Gasteiger partial charge in [-0.15, -0.1) is 23.7 Å². The lowest BCUT2D eigenvalue weighted by atomic mass is 9.88. The quantitative estimate of drug-likeness (QED) is 0.851. The van der Waals surface area contributed by atoms with Crippen LogP contribution >= 0.6 is 46.9 Å². The highest BCUT2D eigenvalue weighted by Gasteiger charge is 2.35. The highest BCUT2D eigenvalue weighted by Crippen LogP contribution is 2.33. The van der Waals surface area contributed by atoms with Crippen LogP contribution in [0.3, 0.4) is 0 Å². The van der Waals surface area contributed by atoms with Crippen LogP contribution in [0.4, 0.5) is 0 Å². The minimum atomic E-state index is 0. The van der Waals surface area contributed by atoms with Crippen LogP contribution in [-0.4, -0.2) is 37.0 Å². The maximum atomic E-state index is 12.4. The van der Waals surface area contributed by atoms with Crippen molar-refractivity contribution in [3.63, 3.8) is 0 Å². The molecule has 0 aromatic carbocycles. The van der Waals surface area contributed by atoms with E-state index in [-0.39, 0.29) is 18.3 Å². The monoisotopic (exact) mass is 340 g/mol. The van der Waals surface area contributed by atoms with Crippen LogP contribution in [0.5, 0.6) is 0 Å². The Kier molecular flexibility index (Phi) is 5.01. The second-order valence-corrected chi connectivity index (χ2v) is 7.24. The molecule has 1 amide bonds. The van der Waals surface area contributed by atoms with Crippen molar-refractivity contribution in [2.24, 2.45) is 11.8 Å². The summed E-state index contributed by atoms with van der Waals surface area (Å²) in [5.74, 6) is 1.35. The molecule has 3 heterocycles. The van der Waals surface area contributed by atoms with E-state index in [1.165, 1.54) is 11.3 Å². The van der Waals surface area contributed by atoms with Gasteiger partial charge in [-0.1, -0.05) is 23.2 Å². The standard InChI is InChI=1S/C12H14Cl2N2OS.ClH/c13-10-3-9(11(14)18-10)12(17)16-2-1-7-4-15-5-8(7)6-16;/h3,7-8,15H,1-2,4-6H2;1H. The molecule has 2 fully saturated rings. The van der Waals surface area contributed by atoms with Crippen molar-refractivity contribution < 1.29 is 4.79 Å². The fourth-order valence-electron chi connectivity index (χ4n) is 2.88. The Bertz CT molecular complexity index is 480. The first-order valence-corrected chi connectivity index (χ1v) is 7.67. The number of hydrogen-bond donors (Lipinski definition) is 1. The number of nitrogens with one attached hydrogen (secondary N) is 1. The van der Waals surface area contributed by atoms with Gasteiger partial charge < -0.3 is 10.2 Å². The average Bonchev–Trinajstić information content (AvgIpc) is 2.93. The van der Waals surface area contributed by atoms with Gasteiger partial charge in [0, 0.05) is 13.1 Å². The number of halogens is 3. The van der Waals surface area contributed by atoms with Gasteiger partial charge >= 0.3 is 0 Å². The van der Waals surface area contributed by atoms with Gasteiger partial charge in [0.1, 0.15) is 4.34 Å². The summed E-state index contributed by atoms with van der Waals surface area (Å²) in [5, 5.41) is 3.40. The number of thiophene rings is 1. The zero-order valence-electron chi connectivity index (χ0n) is 10.2. The van der Waals surface area contributed by atoms with Gasteiger partial charge in [0.15, 0.2) is 0 Å². The highest BCUT2D eigenvalue weighted by molar-refractivity contribution is 7.20. The van der Waals surface area contributed by atoms with Crippen LogP contribution in [-0.2, 0) is 0 Å². The summed E-state index contributed by atoms with van der Waals surface area (Å²) in [7, 11) is 0. The third-order valence-electron chi connectivity index (χ3n) is 3.88.